The molecule has 0 bridgehead atoms. The van der Waals surface area contributed by atoms with Gasteiger partial charge in [0.25, 0.3) is 5.91 Å². The second kappa shape index (κ2) is 16.3. The maximum atomic E-state index is 13.3. The van der Waals surface area contributed by atoms with E-state index in [0.29, 0.717) is 44.4 Å². The van der Waals surface area contributed by atoms with E-state index in [0.717, 1.165) is 22.3 Å². The van der Waals surface area contributed by atoms with Crippen LogP contribution in [-0.4, -0.2) is 94.6 Å². The van der Waals surface area contributed by atoms with Crippen molar-refractivity contribution in [1.82, 2.24) is 24.6 Å². The lowest BCUT2D eigenvalue weighted by Crippen LogP contribution is -2.49. The van der Waals surface area contributed by atoms with Crippen LogP contribution in [0.3, 0.4) is 0 Å². The quantitative estimate of drug-likeness (QED) is 0.239. The molecule has 2 aromatic heterocycles. The minimum Gasteiger partial charge on any atom is -0.338 e. The first-order valence-electron chi connectivity index (χ1n) is 13.6. The highest BCUT2D eigenvalue weighted by Crippen LogP contribution is 2.25. The number of sulfonamides is 2. The molecule has 3 heterocycles. The maximum absolute atomic E-state index is 13.3. The normalized spacial score (nSPS) is 13.6. The fourth-order valence-electron chi connectivity index (χ4n) is 4.48. The number of amides is 1. The summed E-state index contributed by atoms with van der Waals surface area (Å²) in [5.41, 5.74) is 7.42. The second-order valence-electron chi connectivity index (χ2n) is 10.1. The van der Waals surface area contributed by atoms with Crippen molar-refractivity contribution in [2.45, 2.75) is 18.4 Å². The van der Waals surface area contributed by atoms with Gasteiger partial charge in [0.05, 0.1) is 17.5 Å². The first-order chi connectivity index (χ1) is 20.8. The number of hydrogen-bond donors (Lipinski definition) is 3. The summed E-state index contributed by atoms with van der Waals surface area (Å²) >= 11 is 0. The third-order valence-electron chi connectivity index (χ3n) is 6.89. The van der Waals surface area contributed by atoms with E-state index in [4.69, 9.17) is 5.73 Å². The molecule has 19 heteroatoms. The number of aryl methyl sites for hydroxylation is 1. The summed E-state index contributed by atoms with van der Waals surface area (Å²) in [5.74, 6) is -0.153. The summed E-state index contributed by atoms with van der Waals surface area (Å²) in [6.45, 7) is 4.19. The topological polar surface area (TPSA) is 208 Å². The number of aromatic nitrogens is 3. The Bertz CT molecular complexity index is 1780. The number of rotatable bonds is 11. The summed E-state index contributed by atoms with van der Waals surface area (Å²) < 4.78 is 53.5. The Morgan fingerprint density at radius 1 is 1.07 bits per heavy atom. The smallest absolute Gasteiger partial charge is 0.258 e. The number of nitrogens with two attached hydrogens (primary N) is 1. The predicted octanol–water partition coefficient (Wildman–Crippen LogP) is 1.10. The van der Waals surface area contributed by atoms with Crippen molar-refractivity contribution in [3.05, 3.63) is 65.1 Å². The van der Waals surface area contributed by atoms with Gasteiger partial charge in [0.15, 0.2) is 0 Å². The lowest BCUT2D eigenvalue weighted by atomic mass is 10.1. The predicted molar refractivity (Wildman–Crippen MR) is 180 cm³/mol. The van der Waals surface area contributed by atoms with Gasteiger partial charge in [-0.05, 0) is 42.8 Å². The molecule has 1 fully saturated rings. The van der Waals surface area contributed by atoms with Crippen molar-refractivity contribution in [1.29, 1.82) is 5.26 Å². The van der Waals surface area contributed by atoms with Gasteiger partial charge in [-0.3, -0.25) is 9.10 Å². The SMILES string of the molecule is Cc1cc(C#N)nc(N2CCN(S(=O)(=O)c3ccc(NC(=O)c4cc(CNCCN)ccc4N(C)S(C)(=O)=O)nc3)CC2)n1.Cl.Cl. The number of benzene rings is 1. The highest BCUT2D eigenvalue weighted by Gasteiger charge is 2.30. The third kappa shape index (κ3) is 9.22. The van der Waals surface area contributed by atoms with E-state index in [-0.39, 0.29) is 65.6 Å². The zero-order chi connectivity index (χ0) is 32.1. The molecular formula is C27H36Cl2N10O5S2. The van der Waals surface area contributed by atoms with Crippen LogP contribution in [0.1, 0.15) is 27.3 Å². The third-order valence-corrected chi connectivity index (χ3v) is 9.96. The van der Waals surface area contributed by atoms with Crippen molar-refractivity contribution in [3.8, 4) is 6.07 Å². The zero-order valence-electron chi connectivity index (χ0n) is 25.4. The zero-order valence-corrected chi connectivity index (χ0v) is 28.6. The van der Waals surface area contributed by atoms with E-state index in [1.807, 2.05) is 11.0 Å². The Morgan fingerprint density at radius 2 is 1.76 bits per heavy atom. The Labute approximate surface area is 281 Å². The molecule has 4 N–H and O–H groups in total. The van der Waals surface area contributed by atoms with Crippen molar-refractivity contribution < 1.29 is 21.6 Å². The number of nitrogens with one attached hydrogen (secondary N) is 2. The van der Waals surface area contributed by atoms with Gasteiger partial charge in [-0.15, -0.1) is 24.8 Å². The standard InChI is InChI=1S/C27H34N10O5S2.2ClH/c1-19-14-21(16-29)33-27(32-19)36-10-12-37(13-11-36)44(41,42)22-5-7-25(31-18-22)34-26(38)23-15-20(17-30-9-8-28)4-6-24(23)35(2)43(3,39)40;;/h4-7,14-15,18,30H,8-13,17,28H2,1-3H3,(H,31,34,38);2*1H. The van der Waals surface area contributed by atoms with Gasteiger partial charge in [0, 0.05) is 64.8 Å². The van der Waals surface area contributed by atoms with E-state index in [1.165, 1.54) is 23.5 Å². The molecule has 1 aliphatic rings. The molecule has 0 atom stereocenters. The average molecular weight is 716 g/mol. The highest BCUT2D eigenvalue weighted by atomic mass is 35.5. The van der Waals surface area contributed by atoms with Gasteiger partial charge < -0.3 is 21.3 Å². The number of carbonyl (C=O) groups excluding carboxylic acids is 1. The Morgan fingerprint density at radius 3 is 2.35 bits per heavy atom. The first kappa shape index (κ1) is 38.6. The van der Waals surface area contributed by atoms with Gasteiger partial charge in [-0.2, -0.15) is 9.57 Å². The largest absolute Gasteiger partial charge is 0.338 e. The Kier molecular flexibility index (Phi) is 13.6. The van der Waals surface area contributed by atoms with Gasteiger partial charge in [-0.1, -0.05) is 6.07 Å². The minimum absolute atomic E-state index is 0. The molecule has 250 valence electrons. The number of hydrogen-bond acceptors (Lipinski definition) is 12. The van der Waals surface area contributed by atoms with Crippen LogP contribution in [0.15, 0.2) is 47.5 Å². The highest BCUT2D eigenvalue weighted by molar-refractivity contribution is 7.92. The molecule has 0 aliphatic carbocycles. The van der Waals surface area contributed by atoms with E-state index in [1.54, 1.807) is 31.2 Å². The summed E-state index contributed by atoms with van der Waals surface area (Å²) in [6, 6.07) is 11.1. The van der Waals surface area contributed by atoms with Gasteiger partial charge in [0.1, 0.15) is 22.5 Å². The number of nitriles is 1. The molecule has 1 saturated heterocycles. The van der Waals surface area contributed by atoms with Crippen LogP contribution < -0.4 is 25.6 Å². The number of piperazine rings is 1. The van der Waals surface area contributed by atoms with E-state index in [2.05, 4.69) is 25.6 Å². The van der Waals surface area contributed by atoms with Crippen molar-refractivity contribution >= 4 is 68.2 Å². The number of pyridine rings is 1. The minimum atomic E-state index is -3.89. The lowest BCUT2D eigenvalue weighted by molar-refractivity contribution is 0.102. The summed E-state index contributed by atoms with van der Waals surface area (Å²) in [4.78, 5) is 27.8. The summed E-state index contributed by atoms with van der Waals surface area (Å²) in [5, 5.41) is 15.0. The molecule has 0 spiro atoms. The van der Waals surface area contributed by atoms with Gasteiger partial charge in [-0.25, -0.2) is 31.8 Å². The fraction of sp³-hybridized carbons (Fsp3) is 0.370. The van der Waals surface area contributed by atoms with E-state index in [9.17, 15) is 26.9 Å². The maximum Gasteiger partial charge on any atom is 0.258 e. The number of carbonyl (C=O) groups is 1. The number of halogens is 2. The van der Waals surface area contributed by atoms with E-state index < -0.39 is 26.0 Å². The molecule has 3 aromatic rings. The molecule has 0 unspecified atom stereocenters. The molecular weight excluding hydrogens is 679 g/mol. The van der Waals surface area contributed by atoms with Gasteiger partial charge >= 0.3 is 0 Å². The van der Waals surface area contributed by atoms with Crippen molar-refractivity contribution in [2.75, 3.05) is 67.1 Å². The molecule has 4 rings (SSSR count). The van der Waals surface area contributed by atoms with Crippen LogP contribution in [-0.2, 0) is 26.6 Å². The average Bonchev–Trinajstić information content (AvgIpc) is 3.00. The fourth-order valence-corrected chi connectivity index (χ4v) is 6.37. The second-order valence-corrected chi connectivity index (χ2v) is 14.0. The van der Waals surface area contributed by atoms with Crippen LogP contribution in [0.25, 0.3) is 0 Å². The summed E-state index contributed by atoms with van der Waals surface area (Å²) in [6.07, 6.45) is 2.20. The van der Waals surface area contributed by atoms with Crippen molar-refractivity contribution in [2.24, 2.45) is 5.73 Å². The van der Waals surface area contributed by atoms with Crippen LogP contribution in [0.4, 0.5) is 17.5 Å². The number of nitrogens with zero attached hydrogens (tertiary/aromatic N) is 7. The van der Waals surface area contributed by atoms with Crippen LogP contribution in [0.2, 0.25) is 0 Å². The summed E-state index contributed by atoms with van der Waals surface area (Å²) in [7, 11) is -6.20. The Hall–Kier alpha value is -3.63. The lowest BCUT2D eigenvalue weighted by Gasteiger charge is -2.34. The van der Waals surface area contributed by atoms with Crippen LogP contribution in [0, 0.1) is 18.3 Å². The first-order valence-corrected chi connectivity index (χ1v) is 16.9. The van der Waals surface area contributed by atoms with Gasteiger partial charge in [0.2, 0.25) is 26.0 Å². The molecule has 15 nitrogen and oxygen atoms in total. The van der Waals surface area contributed by atoms with Crippen LogP contribution in [0.5, 0.6) is 0 Å². The molecule has 0 radical (unpaired) electrons. The molecule has 46 heavy (non-hydrogen) atoms. The molecule has 0 saturated carbocycles. The number of anilines is 3. The Balaban J connectivity index is 0.00000368. The van der Waals surface area contributed by atoms with Crippen LogP contribution >= 0.6 is 24.8 Å². The van der Waals surface area contributed by atoms with E-state index >= 15 is 0 Å². The molecule has 1 aromatic carbocycles. The molecule has 1 aliphatic heterocycles. The monoisotopic (exact) mass is 714 g/mol. The van der Waals surface area contributed by atoms with Crippen molar-refractivity contribution in [3.63, 3.8) is 0 Å². The molecule has 1 amide bonds.